The van der Waals surface area contributed by atoms with Crippen LogP contribution in [0, 0.1) is 0 Å². The summed E-state index contributed by atoms with van der Waals surface area (Å²) in [5, 5.41) is 1.78. The molecule has 0 bridgehead atoms. The van der Waals surface area contributed by atoms with Gasteiger partial charge in [-0.2, -0.15) is 0 Å². The van der Waals surface area contributed by atoms with Crippen LogP contribution in [0.15, 0.2) is 48.3 Å². The van der Waals surface area contributed by atoms with Crippen molar-refractivity contribution in [2.45, 2.75) is 13.0 Å². The third-order valence-corrected chi connectivity index (χ3v) is 5.77. The molecule has 2 aliphatic heterocycles. The Morgan fingerprint density at radius 3 is 2.52 bits per heavy atom. The molecule has 0 N–H and O–H groups in total. The van der Waals surface area contributed by atoms with E-state index in [-0.39, 0.29) is 24.6 Å². The summed E-state index contributed by atoms with van der Waals surface area (Å²) in [4.78, 5) is 39.4. The van der Waals surface area contributed by atoms with E-state index in [0.717, 1.165) is 17.1 Å². The molecule has 1 aliphatic carbocycles. The predicted molar refractivity (Wildman–Crippen MR) is 120 cm³/mol. The molecule has 10 nitrogen and oxygen atoms in total. The number of amides is 2. The number of carbonyl (C=O) groups excluding carboxylic acids is 2. The molecule has 33 heavy (non-hydrogen) atoms. The average molecular weight is 458 g/mol. The van der Waals surface area contributed by atoms with E-state index in [1.165, 1.54) is 0 Å². The molecule has 1 saturated heterocycles. The number of hydrogen-bond donors (Lipinski definition) is 0. The van der Waals surface area contributed by atoms with E-state index in [0.29, 0.717) is 38.5 Å². The zero-order chi connectivity index (χ0) is 23.4. The van der Waals surface area contributed by atoms with Gasteiger partial charge < -0.3 is 19.3 Å². The van der Waals surface area contributed by atoms with Crippen LogP contribution in [0.25, 0.3) is 0 Å². The Morgan fingerprint density at radius 2 is 1.82 bits per heavy atom. The summed E-state index contributed by atoms with van der Waals surface area (Å²) < 4.78 is 12.7. The van der Waals surface area contributed by atoms with Crippen molar-refractivity contribution in [3.05, 3.63) is 48.3 Å². The van der Waals surface area contributed by atoms with Crippen LogP contribution in [0.1, 0.15) is 6.92 Å². The van der Waals surface area contributed by atoms with Gasteiger partial charge in [0.2, 0.25) is 0 Å². The maximum Gasteiger partial charge on any atom is 0.409 e. The number of benzene rings is 1. The van der Waals surface area contributed by atoms with Gasteiger partial charge in [0.05, 0.1) is 13.7 Å². The van der Waals surface area contributed by atoms with E-state index in [2.05, 4.69) is 0 Å². The molecule has 10 heteroatoms. The van der Waals surface area contributed by atoms with Crippen molar-refractivity contribution in [1.82, 2.24) is 9.80 Å². The topological polar surface area (TPSA) is 83.8 Å². The van der Waals surface area contributed by atoms with Gasteiger partial charge in [0.15, 0.2) is 18.4 Å². The molecule has 4 rings (SSSR count). The predicted octanol–water partition coefficient (Wildman–Crippen LogP) is 1.85. The number of allylic oxidation sites excluding steroid dienone is 2. The van der Waals surface area contributed by atoms with Crippen LogP contribution >= 0.6 is 0 Å². The van der Waals surface area contributed by atoms with Crippen molar-refractivity contribution in [2.24, 2.45) is 0 Å². The molecule has 3 aliphatic rings. The fraction of sp³-hybridized carbons (Fsp3) is 0.435. The van der Waals surface area contributed by atoms with Crippen molar-refractivity contribution in [1.29, 1.82) is 0 Å². The largest absolute Gasteiger partial charge is 0.477 e. The Hall–Kier alpha value is -3.53. The summed E-state index contributed by atoms with van der Waals surface area (Å²) in [5.74, 6) is 0.384. The van der Waals surface area contributed by atoms with Crippen LogP contribution < -0.4 is 5.06 Å². The Bertz CT molecular complexity index is 996. The fourth-order valence-corrected chi connectivity index (χ4v) is 4.20. The highest BCUT2D eigenvalue weighted by Gasteiger charge is 2.45. The van der Waals surface area contributed by atoms with Crippen LogP contribution in [0.5, 0.6) is 0 Å². The molecule has 1 unspecified atom stereocenters. The lowest BCUT2D eigenvalue weighted by Crippen LogP contribution is -2.52. The highest BCUT2D eigenvalue weighted by molar-refractivity contribution is 6.05. The third kappa shape index (κ3) is 4.38. The van der Waals surface area contributed by atoms with Crippen LogP contribution in [0.2, 0.25) is 0 Å². The maximum atomic E-state index is 12.8. The van der Waals surface area contributed by atoms with Crippen molar-refractivity contribution in [3.8, 4) is 0 Å². The number of piperazine rings is 1. The third-order valence-electron chi connectivity index (χ3n) is 5.77. The Balaban J connectivity index is 1.46. The van der Waals surface area contributed by atoms with Gasteiger partial charge in [-0.3, -0.25) is 14.5 Å². The van der Waals surface area contributed by atoms with Crippen LogP contribution in [-0.2, 0) is 23.9 Å². The minimum atomic E-state index is -0.345. The standard InChI is InChI=1S/C23H29N4O6/c1-4-32-23(29)25-14-12-24(13-15-25)21(28)16-33-20-11-7-10-19-22(20)27(31-3)18-9-6-5-8-17(18)26(19)30-2/h5-11,19H,4,12-16H2,1-3H3/q+1. The van der Waals surface area contributed by atoms with Gasteiger partial charge in [0, 0.05) is 37.0 Å². The average Bonchev–Trinajstić information content (AvgIpc) is 2.86. The molecule has 176 valence electrons. The molecule has 1 aromatic carbocycles. The van der Waals surface area contributed by atoms with E-state index in [1.54, 1.807) is 40.7 Å². The lowest BCUT2D eigenvalue weighted by atomic mass is 10.0. The molecule has 0 aromatic heterocycles. The molecule has 1 atom stereocenters. The first-order chi connectivity index (χ1) is 16.1. The number of hydroxylamine groups is 1. The quantitative estimate of drug-likeness (QED) is 0.603. The number of anilines is 1. The lowest BCUT2D eigenvalue weighted by molar-refractivity contribution is -0.721. The normalized spacial score (nSPS) is 19.5. The van der Waals surface area contributed by atoms with Crippen molar-refractivity contribution in [2.75, 3.05) is 58.7 Å². The second kappa shape index (κ2) is 9.95. The smallest absolute Gasteiger partial charge is 0.409 e. The number of ether oxygens (including phenoxy) is 2. The maximum absolute atomic E-state index is 12.8. The number of carbonyl (C=O) groups is 2. The highest BCUT2D eigenvalue weighted by Crippen LogP contribution is 2.37. The Labute approximate surface area is 192 Å². The fourth-order valence-electron chi connectivity index (χ4n) is 4.20. The second-order valence-corrected chi connectivity index (χ2v) is 7.58. The minimum Gasteiger partial charge on any atom is -0.477 e. The van der Waals surface area contributed by atoms with E-state index >= 15 is 0 Å². The summed E-state index contributed by atoms with van der Waals surface area (Å²) in [6.45, 7) is 3.73. The SMILES string of the molecule is CCOC(=O)N1CCN(C(=O)COC2=CC=CC3C2=[N+](OC)c2ccccc2N3OC)CC1. The molecule has 0 spiro atoms. The minimum absolute atomic E-state index is 0.124. The van der Waals surface area contributed by atoms with E-state index in [4.69, 9.17) is 19.1 Å². The van der Waals surface area contributed by atoms with Gasteiger partial charge in [-0.15, -0.1) is 0 Å². The monoisotopic (exact) mass is 457 g/mol. The summed E-state index contributed by atoms with van der Waals surface area (Å²) >= 11 is 0. The van der Waals surface area contributed by atoms with Gasteiger partial charge >= 0.3 is 11.8 Å². The Kier molecular flexibility index (Phi) is 6.83. The zero-order valence-electron chi connectivity index (χ0n) is 19.1. The lowest BCUT2D eigenvalue weighted by Gasteiger charge is -2.34. The zero-order valence-corrected chi connectivity index (χ0v) is 19.1. The van der Waals surface area contributed by atoms with E-state index in [9.17, 15) is 9.59 Å². The molecule has 1 aromatic rings. The van der Waals surface area contributed by atoms with Gasteiger partial charge in [-0.1, -0.05) is 18.2 Å². The van der Waals surface area contributed by atoms with Gasteiger partial charge in [0.1, 0.15) is 12.8 Å². The van der Waals surface area contributed by atoms with Crippen LogP contribution in [0.4, 0.5) is 16.2 Å². The summed E-state index contributed by atoms with van der Waals surface area (Å²) in [7, 11) is 3.20. The highest BCUT2D eigenvalue weighted by atomic mass is 16.7. The number of rotatable bonds is 6. The molecular weight excluding hydrogens is 428 g/mol. The van der Waals surface area contributed by atoms with Gasteiger partial charge in [0.25, 0.3) is 11.6 Å². The Morgan fingerprint density at radius 1 is 1.09 bits per heavy atom. The molecule has 0 radical (unpaired) electrons. The van der Waals surface area contributed by atoms with Gasteiger partial charge in [-0.05, 0) is 25.1 Å². The number of hydrogen-bond acceptors (Lipinski definition) is 7. The first-order valence-electron chi connectivity index (χ1n) is 10.9. The molecule has 1 fully saturated rings. The van der Waals surface area contributed by atoms with Gasteiger partial charge in [-0.25, -0.2) is 9.86 Å². The van der Waals surface area contributed by atoms with Crippen LogP contribution in [0.3, 0.4) is 0 Å². The first-order valence-corrected chi connectivity index (χ1v) is 10.9. The van der Waals surface area contributed by atoms with Crippen LogP contribution in [-0.4, -0.2) is 91.9 Å². The number of nitrogens with zero attached hydrogens (tertiary/aromatic N) is 4. The van der Waals surface area contributed by atoms with Crippen molar-refractivity contribution >= 4 is 29.1 Å². The number of fused-ring (bicyclic) bond motifs is 2. The molecule has 0 saturated carbocycles. The van der Waals surface area contributed by atoms with Crippen molar-refractivity contribution in [3.63, 3.8) is 0 Å². The van der Waals surface area contributed by atoms with E-state index < -0.39 is 0 Å². The molecular formula is C23H29N4O6+. The number of para-hydroxylation sites is 2. The summed E-state index contributed by atoms with van der Waals surface area (Å²) in [6.07, 6.45) is 5.32. The second-order valence-electron chi connectivity index (χ2n) is 7.58. The summed E-state index contributed by atoms with van der Waals surface area (Å²) in [6, 6.07) is 7.45. The van der Waals surface area contributed by atoms with E-state index in [1.807, 2.05) is 42.5 Å². The summed E-state index contributed by atoms with van der Waals surface area (Å²) in [5.41, 5.74) is 2.39. The van der Waals surface area contributed by atoms with Crippen molar-refractivity contribution < 1.29 is 33.5 Å². The first kappa shape index (κ1) is 22.7. The molecule has 2 amide bonds. The molecule has 2 heterocycles.